The van der Waals surface area contributed by atoms with Gasteiger partial charge in [-0.2, -0.15) is 0 Å². The fraction of sp³-hybridized carbons (Fsp3) is 0.360. The summed E-state index contributed by atoms with van der Waals surface area (Å²) in [5.41, 5.74) is 2.14. The minimum atomic E-state index is -0.255. The molecule has 2 aromatic rings. The van der Waals surface area contributed by atoms with Gasteiger partial charge in [-0.3, -0.25) is 14.5 Å². The van der Waals surface area contributed by atoms with Crippen LogP contribution in [0.4, 0.5) is 10.1 Å². The third kappa shape index (κ3) is 5.58. The molecule has 2 unspecified atom stereocenters. The molecule has 9 heteroatoms. The van der Waals surface area contributed by atoms with E-state index in [0.717, 1.165) is 5.56 Å². The number of rotatable bonds is 6. The third-order valence-corrected chi connectivity index (χ3v) is 6.35. The van der Waals surface area contributed by atoms with Gasteiger partial charge < -0.3 is 19.7 Å². The lowest BCUT2D eigenvalue weighted by Gasteiger charge is -2.49. The summed E-state index contributed by atoms with van der Waals surface area (Å²) < 4.78 is 24.3. The maximum absolute atomic E-state index is 13.3. The number of ether oxygens (including phenoxy) is 2. The Hall–Kier alpha value is -2.94. The van der Waals surface area contributed by atoms with Crippen LogP contribution in [-0.2, 0) is 20.9 Å². The Kier molecular flexibility index (Phi) is 7.50. The maximum Gasteiger partial charge on any atom is 0.246 e. The monoisotopic (exact) mass is 487 g/mol. The Morgan fingerprint density at radius 2 is 1.88 bits per heavy atom. The molecule has 2 bridgehead atoms. The van der Waals surface area contributed by atoms with Crippen molar-refractivity contribution >= 4 is 35.2 Å². The first kappa shape index (κ1) is 24.2. The standard InChI is InChI=1S/C25H27ClFN3O4/c1-16(31)28-23-10-22(26)24(33-2)9-18(23)5-8-25(32)29-12-20-14-34-15-21(13-29)30(20)11-17-3-6-19(27)7-4-17/h3-10,20-21H,11-15H2,1-2H3,(H,28,31). The van der Waals surface area contributed by atoms with Gasteiger partial charge in [-0.25, -0.2) is 4.39 Å². The smallest absolute Gasteiger partial charge is 0.246 e. The van der Waals surface area contributed by atoms with Crippen LogP contribution in [0.3, 0.4) is 0 Å². The van der Waals surface area contributed by atoms with Gasteiger partial charge in [0.2, 0.25) is 11.8 Å². The molecular formula is C25H27ClFN3O4. The molecule has 2 saturated heterocycles. The summed E-state index contributed by atoms with van der Waals surface area (Å²) in [6, 6.07) is 9.90. The molecule has 0 saturated carbocycles. The van der Waals surface area contributed by atoms with Crippen LogP contribution in [-0.4, -0.2) is 67.1 Å². The molecule has 2 aromatic carbocycles. The van der Waals surface area contributed by atoms with E-state index in [4.69, 9.17) is 21.1 Å². The number of fused-ring (bicyclic) bond motifs is 2. The first-order valence-corrected chi connectivity index (χ1v) is 11.4. The van der Waals surface area contributed by atoms with Gasteiger partial charge in [0.25, 0.3) is 0 Å². The predicted octanol–water partition coefficient (Wildman–Crippen LogP) is 3.57. The summed E-state index contributed by atoms with van der Waals surface area (Å²) in [7, 11) is 1.50. The summed E-state index contributed by atoms with van der Waals surface area (Å²) in [6.07, 6.45) is 3.16. The van der Waals surface area contributed by atoms with Crippen molar-refractivity contribution in [1.29, 1.82) is 0 Å². The number of morpholine rings is 1. The molecule has 2 aliphatic rings. The van der Waals surface area contributed by atoms with Gasteiger partial charge in [0, 0.05) is 43.9 Å². The van der Waals surface area contributed by atoms with Crippen molar-refractivity contribution in [3.63, 3.8) is 0 Å². The fourth-order valence-corrected chi connectivity index (χ4v) is 4.64. The average Bonchev–Trinajstić information content (AvgIpc) is 2.79. The van der Waals surface area contributed by atoms with Crippen molar-refractivity contribution in [2.24, 2.45) is 0 Å². The summed E-state index contributed by atoms with van der Waals surface area (Å²) >= 11 is 6.19. The van der Waals surface area contributed by atoms with Gasteiger partial charge in [0.15, 0.2) is 0 Å². The third-order valence-electron chi connectivity index (χ3n) is 6.05. The summed E-state index contributed by atoms with van der Waals surface area (Å²) in [6.45, 7) is 4.22. The second kappa shape index (κ2) is 10.5. The number of carbonyl (C=O) groups is 2. The van der Waals surface area contributed by atoms with Crippen molar-refractivity contribution in [2.75, 3.05) is 38.7 Å². The average molecular weight is 488 g/mol. The highest BCUT2D eigenvalue weighted by molar-refractivity contribution is 6.32. The van der Waals surface area contributed by atoms with Gasteiger partial charge in [-0.05, 0) is 35.9 Å². The van der Waals surface area contributed by atoms with E-state index in [2.05, 4.69) is 10.2 Å². The molecule has 7 nitrogen and oxygen atoms in total. The second-order valence-corrected chi connectivity index (χ2v) is 8.88. The van der Waals surface area contributed by atoms with Crippen LogP contribution in [0, 0.1) is 5.82 Å². The number of nitrogens with zero attached hydrogens (tertiary/aromatic N) is 2. The van der Waals surface area contributed by atoms with Gasteiger partial charge in [0.05, 0.1) is 37.4 Å². The highest BCUT2D eigenvalue weighted by atomic mass is 35.5. The highest BCUT2D eigenvalue weighted by Gasteiger charge is 2.39. The van der Waals surface area contributed by atoms with Crippen molar-refractivity contribution in [2.45, 2.75) is 25.6 Å². The molecule has 1 N–H and O–H groups in total. The van der Waals surface area contributed by atoms with Gasteiger partial charge in [0.1, 0.15) is 11.6 Å². The zero-order chi connectivity index (χ0) is 24.2. The lowest BCUT2D eigenvalue weighted by molar-refractivity contribution is -0.141. The molecule has 2 aliphatic heterocycles. The lowest BCUT2D eigenvalue weighted by atomic mass is 10.0. The Labute approximate surface area is 203 Å². The lowest BCUT2D eigenvalue weighted by Crippen LogP contribution is -2.64. The van der Waals surface area contributed by atoms with E-state index < -0.39 is 0 Å². The zero-order valence-electron chi connectivity index (χ0n) is 19.1. The largest absolute Gasteiger partial charge is 0.495 e. The summed E-state index contributed by atoms with van der Waals surface area (Å²) in [5, 5.41) is 3.09. The Morgan fingerprint density at radius 1 is 1.21 bits per heavy atom. The number of benzene rings is 2. The normalized spacial score (nSPS) is 20.4. The Balaban J connectivity index is 1.47. The van der Waals surface area contributed by atoms with Crippen molar-refractivity contribution in [3.8, 4) is 5.75 Å². The Morgan fingerprint density at radius 3 is 2.50 bits per heavy atom. The van der Waals surface area contributed by atoms with E-state index in [9.17, 15) is 14.0 Å². The fourth-order valence-electron chi connectivity index (χ4n) is 4.39. The van der Waals surface area contributed by atoms with Crippen LogP contribution < -0.4 is 10.1 Å². The number of hydrogen-bond donors (Lipinski definition) is 1. The first-order chi connectivity index (χ1) is 16.3. The highest BCUT2D eigenvalue weighted by Crippen LogP contribution is 2.32. The molecule has 2 atom stereocenters. The van der Waals surface area contributed by atoms with Crippen molar-refractivity contribution in [3.05, 3.63) is 64.4 Å². The number of halogens is 2. The summed E-state index contributed by atoms with van der Waals surface area (Å²) in [4.78, 5) is 28.8. The summed E-state index contributed by atoms with van der Waals surface area (Å²) in [5.74, 6) is -0.174. The number of carbonyl (C=O) groups excluding carboxylic acids is 2. The van der Waals surface area contributed by atoms with Crippen LogP contribution in [0.2, 0.25) is 5.02 Å². The van der Waals surface area contributed by atoms with Crippen LogP contribution >= 0.6 is 11.6 Å². The van der Waals surface area contributed by atoms with Crippen LogP contribution in [0.1, 0.15) is 18.1 Å². The number of methoxy groups -OCH3 is 1. The minimum absolute atomic E-state index is 0.0560. The molecule has 0 radical (unpaired) electrons. The molecule has 2 fully saturated rings. The topological polar surface area (TPSA) is 71.1 Å². The van der Waals surface area contributed by atoms with Crippen molar-refractivity contribution in [1.82, 2.24) is 9.80 Å². The molecule has 0 spiro atoms. The molecule has 2 amide bonds. The SMILES string of the molecule is COc1cc(C=CC(=O)N2CC3COCC(C2)N3Cc2ccc(F)cc2)c(NC(C)=O)cc1Cl. The molecule has 0 aliphatic carbocycles. The van der Waals surface area contributed by atoms with Gasteiger partial charge in [-0.1, -0.05) is 23.7 Å². The number of piperazine rings is 1. The van der Waals surface area contributed by atoms with E-state index in [-0.39, 0.29) is 29.7 Å². The van der Waals surface area contributed by atoms with E-state index >= 15 is 0 Å². The number of anilines is 1. The van der Waals surface area contributed by atoms with Crippen LogP contribution in [0.5, 0.6) is 5.75 Å². The van der Waals surface area contributed by atoms with E-state index in [1.165, 1.54) is 32.2 Å². The first-order valence-electron chi connectivity index (χ1n) is 11.0. The van der Waals surface area contributed by atoms with Gasteiger partial charge in [-0.15, -0.1) is 0 Å². The number of hydrogen-bond acceptors (Lipinski definition) is 5. The predicted molar refractivity (Wildman–Crippen MR) is 128 cm³/mol. The second-order valence-electron chi connectivity index (χ2n) is 8.48. The van der Waals surface area contributed by atoms with E-state index in [1.54, 1.807) is 30.3 Å². The molecule has 4 rings (SSSR count). The van der Waals surface area contributed by atoms with Crippen LogP contribution in [0.25, 0.3) is 6.08 Å². The number of amides is 2. The molecule has 2 heterocycles. The zero-order valence-corrected chi connectivity index (χ0v) is 19.8. The maximum atomic E-state index is 13.3. The van der Waals surface area contributed by atoms with Crippen molar-refractivity contribution < 1.29 is 23.5 Å². The molecule has 34 heavy (non-hydrogen) atoms. The molecule has 0 aromatic heterocycles. The Bertz CT molecular complexity index is 1080. The molecular weight excluding hydrogens is 461 g/mol. The van der Waals surface area contributed by atoms with Crippen LogP contribution in [0.15, 0.2) is 42.5 Å². The quantitative estimate of drug-likeness (QED) is 0.631. The van der Waals surface area contributed by atoms with E-state index in [0.29, 0.717) is 54.9 Å². The minimum Gasteiger partial charge on any atom is -0.495 e. The molecule has 180 valence electrons. The van der Waals surface area contributed by atoms with Gasteiger partial charge >= 0.3 is 0 Å². The van der Waals surface area contributed by atoms with E-state index in [1.807, 2.05) is 4.90 Å². The number of nitrogens with one attached hydrogen (secondary N) is 1.